The summed E-state index contributed by atoms with van der Waals surface area (Å²) in [5.74, 6) is 3.80. The molecule has 0 aromatic carbocycles. The summed E-state index contributed by atoms with van der Waals surface area (Å²) in [6.45, 7) is 16.9. The maximum atomic E-state index is 14.3. The van der Waals surface area contributed by atoms with Crippen molar-refractivity contribution in [2.45, 2.75) is 201 Å². The van der Waals surface area contributed by atoms with Gasteiger partial charge in [-0.1, -0.05) is 48.5 Å². The molecule has 0 bridgehead atoms. The number of hydrogen-bond donors (Lipinski definition) is 5. The Balaban J connectivity index is 0.933. The second-order valence-corrected chi connectivity index (χ2v) is 26.3. The van der Waals surface area contributed by atoms with E-state index in [9.17, 15) is 33.3 Å². The molecule has 11 heteroatoms. The molecule has 8 aliphatic rings. The van der Waals surface area contributed by atoms with Gasteiger partial charge in [0.1, 0.15) is 6.10 Å². The minimum absolute atomic E-state index is 0.0649. The number of hydrogen-bond acceptors (Lipinski definition) is 8. The van der Waals surface area contributed by atoms with E-state index in [0.717, 1.165) is 109 Å². The Morgan fingerprint density at radius 3 is 1.89 bits per heavy atom. The van der Waals surface area contributed by atoms with Crippen molar-refractivity contribution in [2.75, 3.05) is 12.3 Å². The van der Waals surface area contributed by atoms with Crippen LogP contribution in [0.15, 0.2) is 0 Å². The molecule has 8 saturated carbocycles. The predicted molar refractivity (Wildman–Crippen MR) is 240 cm³/mol. The first-order chi connectivity index (χ1) is 29.0. The van der Waals surface area contributed by atoms with Crippen LogP contribution >= 0.6 is 0 Å². The summed E-state index contributed by atoms with van der Waals surface area (Å²) in [6, 6.07) is 0. The summed E-state index contributed by atoms with van der Waals surface area (Å²) < 4.78 is 38.2. The molecule has 0 aliphatic heterocycles. The van der Waals surface area contributed by atoms with Crippen LogP contribution in [-0.4, -0.2) is 76.9 Å². The Hall–Kier alpha value is -1.27. The SMILES string of the molecule is C[C@H](CCC(=O)NCCS(=O)(=O)O)[C@H]1CC[C@H]2[C@@H]3[C@@H](OC(=O)CC[C@@H](C)[C@@H]4CC[C@H]5[C@@H]6[C@@H](O)C[C@@H]7C[C@H](O)CC[C@]7(C)[C@H]6CC[C@@]54C)C[C@]4(C)C[C@H](O)CC[C@]4(C)[C@H]3CC[C@]12C. The third kappa shape index (κ3) is 8.18. The van der Waals surface area contributed by atoms with Crippen LogP contribution in [0.2, 0.25) is 0 Å². The molecule has 0 unspecified atom stereocenters. The number of aliphatic hydroxyl groups excluding tert-OH is 3. The Bertz CT molecular complexity index is 1780. The zero-order valence-electron chi connectivity index (χ0n) is 39.5. The lowest BCUT2D eigenvalue weighted by molar-refractivity contribution is -0.221. The fourth-order valence-corrected chi connectivity index (χ4v) is 19.0. The molecule has 8 fully saturated rings. The second kappa shape index (κ2) is 17.1. The smallest absolute Gasteiger partial charge is 0.306 e. The Kier molecular flexibility index (Phi) is 13.0. The summed E-state index contributed by atoms with van der Waals surface area (Å²) in [5.41, 5.74) is 0.389. The van der Waals surface area contributed by atoms with Gasteiger partial charge in [-0.15, -0.1) is 0 Å². The van der Waals surface area contributed by atoms with E-state index in [1.807, 2.05) is 0 Å². The lowest BCUT2D eigenvalue weighted by Gasteiger charge is -2.66. The molecule has 0 heterocycles. The Labute approximate surface area is 374 Å². The lowest BCUT2D eigenvalue weighted by atomic mass is 9.39. The van der Waals surface area contributed by atoms with Gasteiger partial charge in [0.15, 0.2) is 0 Å². The topological polar surface area (TPSA) is 170 Å². The van der Waals surface area contributed by atoms with E-state index >= 15 is 0 Å². The summed E-state index contributed by atoms with van der Waals surface area (Å²) in [4.78, 5) is 27.0. The van der Waals surface area contributed by atoms with E-state index in [1.165, 1.54) is 6.42 Å². The van der Waals surface area contributed by atoms with Crippen LogP contribution in [0.1, 0.15) is 177 Å². The summed E-state index contributed by atoms with van der Waals surface area (Å²) in [6.07, 6.45) is 17.3. The lowest BCUT2D eigenvalue weighted by Crippen LogP contribution is -2.63. The number of nitrogens with one attached hydrogen (secondary N) is 1. The Morgan fingerprint density at radius 2 is 1.24 bits per heavy atom. The van der Waals surface area contributed by atoms with Gasteiger partial charge < -0.3 is 25.4 Å². The number of amides is 1. The van der Waals surface area contributed by atoms with Crippen LogP contribution in [-0.2, 0) is 24.4 Å². The van der Waals surface area contributed by atoms with Gasteiger partial charge in [-0.25, -0.2) is 0 Å². The van der Waals surface area contributed by atoms with Crippen molar-refractivity contribution in [3.8, 4) is 0 Å². The maximum absolute atomic E-state index is 14.3. The van der Waals surface area contributed by atoms with Crippen molar-refractivity contribution < 1.29 is 42.6 Å². The van der Waals surface area contributed by atoms with E-state index in [-0.39, 0.29) is 75.8 Å². The molecule has 8 rings (SSSR count). The van der Waals surface area contributed by atoms with Crippen LogP contribution in [0.25, 0.3) is 0 Å². The van der Waals surface area contributed by atoms with Gasteiger partial charge in [-0.05, 0) is 202 Å². The predicted octanol–water partition coefficient (Wildman–Crippen LogP) is 8.75. The zero-order chi connectivity index (χ0) is 44.8. The number of carbonyl (C=O) groups excluding carboxylic acids is 2. The van der Waals surface area contributed by atoms with E-state index < -0.39 is 15.9 Å². The van der Waals surface area contributed by atoms with E-state index in [2.05, 4.69) is 53.8 Å². The van der Waals surface area contributed by atoms with Gasteiger partial charge in [0.25, 0.3) is 10.1 Å². The highest BCUT2D eigenvalue weighted by Crippen LogP contribution is 2.72. The third-order valence-corrected chi connectivity index (χ3v) is 22.8. The van der Waals surface area contributed by atoms with Crippen molar-refractivity contribution in [1.82, 2.24) is 5.32 Å². The van der Waals surface area contributed by atoms with Crippen molar-refractivity contribution in [1.29, 1.82) is 0 Å². The number of aliphatic hydroxyl groups is 3. The summed E-state index contributed by atoms with van der Waals surface area (Å²) in [5, 5.41) is 36.0. The van der Waals surface area contributed by atoms with Crippen LogP contribution in [0.4, 0.5) is 0 Å². The standard InChI is InChI=1S/C51H85NO9S/c1-30(8-14-43(56)52-24-25-62(58,59)60)35-11-13-38-46-40(19-22-50(35,38)6)51(7)23-17-34(54)28-47(51,3)29-42(46)61-44(57)15-9-31(2)36-10-12-37-45-39(18-21-49(36,37)5)48(4)20-16-33(53)26-32(48)27-41(45)55/h30-42,45-46,53-55H,8-29H2,1-7H3,(H,52,56)(H,58,59,60)/t30-,31-,32+,33-,34-,35-,36+,37+,38+,39+,40+,41+,42+,45+,46+,47+,48+,49-,50-,51-/m1/s1. The minimum Gasteiger partial charge on any atom is -0.462 e. The van der Waals surface area contributed by atoms with Crippen molar-refractivity contribution >= 4 is 22.0 Å². The molecule has 5 N–H and O–H groups in total. The monoisotopic (exact) mass is 888 g/mol. The fourth-order valence-electron chi connectivity index (χ4n) is 18.6. The summed E-state index contributed by atoms with van der Waals surface area (Å²) >= 11 is 0. The molecule has 8 aliphatic carbocycles. The van der Waals surface area contributed by atoms with Crippen molar-refractivity contribution in [3.05, 3.63) is 0 Å². The van der Waals surface area contributed by atoms with Crippen LogP contribution in [0.5, 0.6) is 0 Å². The van der Waals surface area contributed by atoms with Gasteiger partial charge in [0.05, 0.1) is 24.1 Å². The quantitative estimate of drug-likeness (QED) is 0.0950. The zero-order valence-corrected chi connectivity index (χ0v) is 40.3. The van der Waals surface area contributed by atoms with Crippen molar-refractivity contribution in [2.24, 2.45) is 92.2 Å². The first-order valence-corrected chi connectivity index (χ1v) is 27.1. The van der Waals surface area contributed by atoms with Crippen LogP contribution < -0.4 is 5.32 Å². The molecule has 20 atom stereocenters. The van der Waals surface area contributed by atoms with Gasteiger partial charge in [-0.2, -0.15) is 8.42 Å². The number of carbonyl (C=O) groups is 2. The normalized spacial score (nSPS) is 49.5. The Morgan fingerprint density at radius 1 is 0.677 bits per heavy atom. The molecule has 0 aromatic heterocycles. The molecular formula is C51H85NO9S. The molecule has 10 nitrogen and oxygen atoms in total. The number of rotatable bonds is 12. The molecule has 0 saturated heterocycles. The highest BCUT2D eigenvalue weighted by atomic mass is 32.2. The third-order valence-electron chi connectivity index (χ3n) is 22.1. The maximum Gasteiger partial charge on any atom is 0.306 e. The molecule has 1 amide bonds. The molecule has 0 radical (unpaired) electrons. The molecule has 0 aromatic rings. The number of ether oxygens (including phenoxy) is 1. The average molecular weight is 888 g/mol. The summed E-state index contributed by atoms with van der Waals surface area (Å²) in [7, 11) is -4.12. The van der Waals surface area contributed by atoms with E-state index in [1.54, 1.807) is 0 Å². The van der Waals surface area contributed by atoms with Gasteiger partial charge >= 0.3 is 5.97 Å². The minimum atomic E-state index is -4.12. The fraction of sp³-hybridized carbons (Fsp3) is 0.961. The first-order valence-electron chi connectivity index (χ1n) is 25.5. The van der Waals surface area contributed by atoms with E-state index in [4.69, 9.17) is 9.29 Å². The van der Waals surface area contributed by atoms with Crippen molar-refractivity contribution in [3.63, 3.8) is 0 Å². The highest BCUT2D eigenvalue weighted by molar-refractivity contribution is 7.85. The van der Waals surface area contributed by atoms with Gasteiger partial charge in [0.2, 0.25) is 5.91 Å². The highest BCUT2D eigenvalue weighted by Gasteiger charge is 2.67. The van der Waals surface area contributed by atoms with E-state index in [0.29, 0.717) is 72.0 Å². The first kappa shape index (κ1) is 47.2. The molecule has 62 heavy (non-hydrogen) atoms. The van der Waals surface area contributed by atoms with Gasteiger partial charge in [-0.3, -0.25) is 14.1 Å². The number of esters is 1. The van der Waals surface area contributed by atoms with Crippen LogP contribution in [0.3, 0.4) is 0 Å². The van der Waals surface area contributed by atoms with Crippen LogP contribution in [0, 0.1) is 92.2 Å². The average Bonchev–Trinajstić information content (AvgIpc) is 3.73. The molecule has 0 spiro atoms. The second-order valence-electron chi connectivity index (χ2n) is 24.7. The number of fused-ring (bicyclic) bond motifs is 10. The molecule has 354 valence electrons. The molecular weight excluding hydrogens is 803 g/mol. The largest absolute Gasteiger partial charge is 0.462 e. The van der Waals surface area contributed by atoms with Gasteiger partial charge in [0, 0.05) is 25.3 Å².